The van der Waals surface area contributed by atoms with E-state index in [4.69, 9.17) is 16.3 Å². The summed E-state index contributed by atoms with van der Waals surface area (Å²) in [5.74, 6) is 0.228. The van der Waals surface area contributed by atoms with Crippen LogP contribution < -0.4 is 4.74 Å². The summed E-state index contributed by atoms with van der Waals surface area (Å²) in [7, 11) is 0. The lowest BCUT2D eigenvalue weighted by Gasteiger charge is -2.05. The van der Waals surface area contributed by atoms with Gasteiger partial charge in [-0.1, -0.05) is 17.7 Å². The van der Waals surface area contributed by atoms with Gasteiger partial charge in [0.25, 0.3) is 0 Å². The number of nitro benzene ring substituents is 1. The highest BCUT2D eigenvalue weighted by Gasteiger charge is 2.15. The molecule has 0 radical (unpaired) electrons. The third-order valence-corrected chi connectivity index (χ3v) is 1.93. The number of hydrogen-bond donors (Lipinski definition) is 0. The Morgan fingerprint density at radius 1 is 1.60 bits per heavy atom. The van der Waals surface area contributed by atoms with Crippen LogP contribution in [0.2, 0.25) is 5.02 Å². The molecule has 15 heavy (non-hydrogen) atoms. The molecule has 4 nitrogen and oxygen atoms in total. The molecule has 0 bridgehead atoms. The molecule has 0 aliphatic heterocycles. The number of hydrogen-bond acceptors (Lipinski definition) is 3. The molecular formula is C10H10ClNO3. The van der Waals surface area contributed by atoms with Crippen molar-refractivity contribution < 1.29 is 9.66 Å². The van der Waals surface area contributed by atoms with Gasteiger partial charge in [0.05, 0.1) is 11.5 Å². The smallest absolute Gasteiger partial charge is 0.312 e. The molecule has 1 aromatic rings. The van der Waals surface area contributed by atoms with Gasteiger partial charge in [0, 0.05) is 11.1 Å². The van der Waals surface area contributed by atoms with Gasteiger partial charge in [0.15, 0.2) is 5.75 Å². The minimum atomic E-state index is -0.519. The van der Waals surface area contributed by atoms with Crippen LogP contribution >= 0.6 is 11.6 Å². The van der Waals surface area contributed by atoms with Crippen LogP contribution in [0.1, 0.15) is 6.42 Å². The fourth-order valence-corrected chi connectivity index (χ4v) is 1.17. The average molecular weight is 228 g/mol. The first-order chi connectivity index (χ1) is 7.15. The zero-order chi connectivity index (χ0) is 11.3. The Labute approximate surface area is 92.3 Å². The van der Waals surface area contributed by atoms with E-state index in [1.54, 1.807) is 12.1 Å². The van der Waals surface area contributed by atoms with Gasteiger partial charge in [-0.25, -0.2) is 0 Å². The molecule has 0 saturated heterocycles. The van der Waals surface area contributed by atoms with Crippen LogP contribution in [0.15, 0.2) is 30.9 Å². The number of ether oxygens (including phenoxy) is 1. The topological polar surface area (TPSA) is 52.4 Å². The van der Waals surface area contributed by atoms with E-state index in [2.05, 4.69) is 6.58 Å². The molecule has 0 amide bonds. The van der Waals surface area contributed by atoms with Crippen LogP contribution in [0.25, 0.3) is 0 Å². The van der Waals surface area contributed by atoms with Crippen molar-refractivity contribution in [3.63, 3.8) is 0 Å². The van der Waals surface area contributed by atoms with Crippen molar-refractivity contribution in [2.24, 2.45) is 0 Å². The Morgan fingerprint density at radius 3 is 2.93 bits per heavy atom. The van der Waals surface area contributed by atoms with Crippen molar-refractivity contribution in [1.82, 2.24) is 0 Å². The molecule has 5 heteroatoms. The van der Waals surface area contributed by atoms with Gasteiger partial charge < -0.3 is 4.74 Å². The molecule has 0 aliphatic rings. The number of nitro groups is 1. The van der Waals surface area contributed by atoms with Crippen molar-refractivity contribution in [2.45, 2.75) is 6.42 Å². The van der Waals surface area contributed by atoms with E-state index in [9.17, 15) is 10.1 Å². The predicted molar refractivity (Wildman–Crippen MR) is 58.4 cm³/mol. The van der Waals surface area contributed by atoms with Crippen molar-refractivity contribution in [3.8, 4) is 5.75 Å². The van der Waals surface area contributed by atoms with Crippen molar-refractivity contribution in [3.05, 3.63) is 46.0 Å². The van der Waals surface area contributed by atoms with Crippen molar-refractivity contribution in [2.75, 3.05) is 6.61 Å². The molecule has 1 rings (SSSR count). The maximum Gasteiger partial charge on any atom is 0.312 e. The summed E-state index contributed by atoms with van der Waals surface area (Å²) in [5.41, 5.74) is -0.119. The molecule has 0 fully saturated rings. The maximum absolute atomic E-state index is 10.7. The quantitative estimate of drug-likeness (QED) is 0.336. The van der Waals surface area contributed by atoms with E-state index < -0.39 is 4.92 Å². The first-order valence-corrected chi connectivity index (χ1v) is 4.70. The van der Waals surface area contributed by atoms with E-state index >= 15 is 0 Å². The molecule has 0 saturated carbocycles. The lowest BCUT2D eigenvalue weighted by Crippen LogP contribution is -1.99. The van der Waals surface area contributed by atoms with Gasteiger partial charge in [-0.3, -0.25) is 10.1 Å². The molecule has 0 aromatic heterocycles. The van der Waals surface area contributed by atoms with Gasteiger partial charge in [0.2, 0.25) is 0 Å². The summed E-state index contributed by atoms with van der Waals surface area (Å²) in [6, 6.07) is 4.31. The fourth-order valence-electron chi connectivity index (χ4n) is 1.01. The maximum atomic E-state index is 10.7. The first-order valence-electron chi connectivity index (χ1n) is 4.33. The third kappa shape index (κ3) is 3.25. The Morgan fingerprint density at radius 2 is 2.33 bits per heavy atom. The largest absolute Gasteiger partial charge is 0.486 e. The Hall–Kier alpha value is -1.55. The molecule has 0 heterocycles. The van der Waals surface area contributed by atoms with Gasteiger partial charge >= 0.3 is 5.69 Å². The zero-order valence-electron chi connectivity index (χ0n) is 7.98. The highest BCUT2D eigenvalue weighted by Crippen LogP contribution is 2.29. The monoisotopic (exact) mass is 227 g/mol. The Kier molecular flexibility index (Phi) is 4.12. The van der Waals surface area contributed by atoms with Crippen molar-refractivity contribution >= 4 is 17.3 Å². The van der Waals surface area contributed by atoms with Gasteiger partial charge in [-0.15, -0.1) is 6.58 Å². The summed E-state index contributed by atoms with van der Waals surface area (Å²) in [5, 5.41) is 11.0. The molecular weight excluding hydrogens is 218 g/mol. The Balaban J connectivity index is 2.85. The van der Waals surface area contributed by atoms with Crippen LogP contribution in [0.4, 0.5) is 5.69 Å². The van der Waals surface area contributed by atoms with E-state index in [0.717, 1.165) is 0 Å². The lowest BCUT2D eigenvalue weighted by molar-refractivity contribution is -0.385. The first kappa shape index (κ1) is 11.5. The highest BCUT2D eigenvalue weighted by molar-refractivity contribution is 6.30. The van der Waals surface area contributed by atoms with Gasteiger partial charge in [0.1, 0.15) is 0 Å². The number of halogens is 1. The average Bonchev–Trinajstić information content (AvgIpc) is 2.20. The van der Waals surface area contributed by atoms with Gasteiger partial charge in [-0.05, 0) is 18.6 Å². The van der Waals surface area contributed by atoms with E-state index in [1.165, 1.54) is 12.1 Å². The summed E-state index contributed by atoms with van der Waals surface area (Å²) >= 11 is 5.65. The van der Waals surface area contributed by atoms with Crippen LogP contribution in [0, 0.1) is 10.1 Å². The van der Waals surface area contributed by atoms with Crippen LogP contribution in [0.3, 0.4) is 0 Å². The number of benzene rings is 1. The minimum Gasteiger partial charge on any atom is -0.486 e. The second-order valence-corrected chi connectivity index (χ2v) is 3.23. The standard InChI is InChI=1S/C10H10ClNO3/c1-2-3-6-15-10-5-4-8(11)7-9(10)12(13)14/h2,4-5,7H,1,3,6H2. The van der Waals surface area contributed by atoms with Crippen LogP contribution in [-0.2, 0) is 0 Å². The van der Waals surface area contributed by atoms with E-state index in [-0.39, 0.29) is 11.4 Å². The van der Waals surface area contributed by atoms with Crippen LogP contribution in [0.5, 0.6) is 5.75 Å². The number of nitrogens with zero attached hydrogens (tertiary/aromatic N) is 1. The molecule has 0 atom stereocenters. The highest BCUT2D eigenvalue weighted by atomic mass is 35.5. The number of rotatable bonds is 5. The summed E-state index contributed by atoms with van der Waals surface area (Å²) in [4.78, 5) is 10.1. The normalized spacial score (nSPS) is 9.67. The molecule has 0 N–H and O–H groups in total. The molecule has 1 aromatic carbocycles. The second kappa shape index (κ2) is 5.36. The Bertz CT molecular complexity index is 379. The summed E-state index contributed by atoms with van der Waals surface area (Å²) in [6.45, 7) is 3.90. The van der Waals surface area contributed by atoms with Gasteiger partial charge in [-0.2, -0.15) is 0 Å². The SMILES string of the molecule is C=CCCOc1ccc(Cl)cc1[N+](=O)[O-]. The predicted octanol–water partition coefficient (Wildman–Crippen LogP) is 3.20. The second-order valence-electron chi connectivity index (χ2n) is 2.79. The molecule has 0 spiro atoms. The van der Waals surface area contributed by atoms with E-state index in [0.29, 0.717) is 18.1 Å². The van der Waals surface area contributed by atoms with Crippen LogP contribution in [-0.4, -0.2) is 11.5 Å². The molecule has 0 aliphatic carbocycles. The van der Waals surface area contributed by atoms with E-state index in [1.807, 2.05) is 0 Å². The summed E-state index contributed by atoms with van der Waals surface area (Å²) in [6.07, 6.45) is 2.32. The molecule has 80 valence electrons. The zero-order valence-corrected chi connectivity index (χ0v) is 8.74. The molecule has 0 unspecified atom stereocenters. The summed E-state index contributed by atoms with van der Waals surface area (Å²) < 4.78 is 5.22. The van der Waals surface area contributed by atoms with Crippen molar-refractivity contribution in [1.29, 1.82) is 0 Å². The minimum absolute atomic E-state index is 0.119. The third-order valence-electron chi connectivity index (χ3n) is 1.70. The lowest BCUT2D eigenvalue weighted by atomic mass is 10.3. The fraction of sp³-hybridized carbons (Fsp3) is 0.200.